The molecule has 0 atom stereocenters. The third-order valence-electron chi connectivity index (χ3n) is 4.05. The molecular formula is C19H21N3O2. The smallest absolute Gasteiger partial charge is 0.259 e. The minimum atomic E-state index is -0.184. The minimum Gasteiger partial charge on any atom is -0.495 e. The van der Waals surface area contributed by atoms with Gasteiger partial charge in [-0.1, -0.05) is 36.4 Å². The SMILES string of the molecule is COc1ccccc1NCC(=O)NN=C1CCCc2ccccc21. The highest BCUT2D eigenvalue weighted by molar-refractivity contribution is 6.03. The molecule has 0 saturated heterocycles. The lowest BCUT2D eigenvalue weighted by molar-refractivity contribution is -0.119. The van der Waals surface area contributed by atoms with Crippen LogP contribution in [0.2, 0.25) is 0 Å². The molecule has 0 radical (unpaired) electrons. The van der Waals surface area contributed by atoms with E-state index in [4.69, 9.17) is 4.74 Å². The summed E-state index contributed by atoms with van der Waals surface area (Å²) in [4.78, 5) is 12.0. The first-order valence-corrected chi connectivity index (χ1v) is 8.08. The molecule has 1 amide bonds. The summed E-state index contributed by atoms with van der Waals surface area (Å²) in [5.74, 6) is 0.522. The van der Waals surface area contributed by atoms with Gasteiger partial charge in [0, 0.05) is 5.56 Å². The Hall–Kier alpha value is -2.82. The van der Waals surface area contributed by atoms with Crippen LogP contribution in [0.4, 0.5) is 5.69 Å². The number of fused-ring (bicyclic) bond motifs is 1. The number of aryl methyl sites for hydroxylation is 1. The van der Waals surface area contributed by atoms with E-state index in [-0.39, 0.29) is 12.5 Å². The van der Waals surface area contributed by atoms with Crippen molar-refractivity contribution in [2.24, 2.45) is 5.10 Å². The first-order chi connectivity index (χ1) is 11.8. The molecular weight excluding hydrogens is 302 g/mol. The number of hydrogen-bond acceptors (Lipinski definition) is 4. The van der Waals surface area contributed by atoms with Gasteiger partial charge < -0.3 is 10.1 Å². The second kappa shape index (κ2) is 7.64. The highest BCUT2D eigenvalue weighted by atomic mass is 16.5. The van der Waals surface area contributed by atoms with Gasteiger partial charge in [0.15, 0.2) is 0 Å². The number of carbonyl (C=O) groups is 1. The molecule has 0 aliphatic heterocycles. The van der Waals surface area contributed by atoms with Crippen LogP contribution in [0.25, 0.3) is 0 Å². The van der Waals surface area contributed by atoms with Crippen molar-refractivity contribution in [2.75, 3.05) is 19.0 Å². The summed E-state index contributed by atoms with van der Waals surface area (Å²) < 4.78 is 5.25. The van der Waals surface area contributed by atoms with Gasteiger partial charge in [-0.25, -0.2) is 5.43 Å². The molecule has 0 heterocycles. The summed E-state index contributed by atoms with van der Waals surface area (Å²) in [5.41, 5.74) is 6.81. The molecule has 0 aromatic heterocycles. The molecule has 0 unspecified atom stereocenters. The van der Waals surface area contributed by atoms with Gasteiger partial charge in [0.05, 0.1) is 25.1 Å². The number of nitrogens with one attached hydrogen (secondary N) is 2. The van der Waals surface area contributed by atoms with Crippen LogP contribution in [-0.2, 0) is 11.2 Å². The average molecular weight is 323 g/mol. The Bertz CT molecular complexity index is 756. The number of anilines is 1. The number of rotatable bonds is 5. The molecule has 2 aromatic carbocycles. The number of para-hydroxylation sites is 2. The summed E-state index contributed by atoms with van der Waals surface area (Å²) in [7, 11) is 1.60. The predicted molar refractivity (Wildman–Crippen MR) is 95.5 cm³/mol. The highest BCUT2D eigenvalue weighted by Crippen LogP contribution is 2.23. The van der Waals surface area contributed by atoms with Crippen LogP contribution >= 0.6 is 0 Å². The van der Waals surface area contributed by atoms with E-state index in [1.165, 1.54) is 5.56 Å². The van der Waals surface area contributed by atoms with Gasteiger partial charge in [-0.3, -0.25) is 4.79 Å². The quantitative estimate of drug-likeness (QED) is 0.832. The molecule has 0 saturated carbocycles. The van der Waals surface area contributed by atoms with Crippen LogP contribution in [0, 0.1) is 0 Å². The lowest BCUT2D eigenvalue weighted by Gasteiger charge is -2.17. The molecule has 0 spiro atoms. The van der Waals surface area contributed by atoms with Crippen LogP contribution < -0.4 is 15.5 Å². The Balaban J connectivity index is 1.60. The van der Waals surface area contributed by atoms with E-state index >= 15 is 0 Å². The highest BCUT2D eigenvalue weighted by Gasteiger charge is 2.15. The first kappa shape index (κ1) is 16.1. The van der Waals surface area contributed by atoms with Crippen LogP contribution in [0.3, 0.4) is 0 Å². The maximum Gasteiger partial charge on any atom is 0.259 e. The number of methoxy groups -OCH3 is 1. The summed E-state index contributed by atoms with van der Waals surface area (Å²) in [6.07, 6.45) is 3.01. The Morgan fingerprint density at radius 2 is 1.92 bits per heavy atom. The van der Waals surface area contributed by atoms with Gasteiger partial charge in [-0.2, -0.15) is 5.10 Å². The zero-order chi connectivity index (χ0) is 16.8. The van der Waals surface area contributed by atoms with Crippen molar-refractivity contribution in [2.45, 2.75) is 19.3 Å². The molecule has 1 aliphatic carbocycles. The van der Waals surface area contributed by atoms with Crippen LogP contribution in [0.5, 0.6) is 5.75 Å². The molecule has 0 bridgehead atoms. The standard InChI is InChI=1S/C19H21N3O2/c1-24-18-12-5-4-10-17(18)20-13-19(23)22-21-16-11-6-8-14-7-2-3-9-15(14)16/h2-5,7,9-10,12,20H,6,8,11,13H2,1H3,(H,22,23). The second-order valence-electron chi connectivity index (χ2n) is 5.66. The van der Waals surface area contributed by atoms with Crippen molar-refractivity contribution in [1.82, 2.24) is 5.43 Å². The Kier molecular flexibility index (Phi) is 5.11. The van der Waals surface area contributed by atoms with E-state index in [2.05, 4.69) is 28.0 Å². The van der Waals surface area contributed by atoms with Gasteiger partial charge in [-0.15, -0.1) is 0 Å². The fourth-order valence-corrected chi connectivity index (χ4v) is 2.85. The summed E-state index contributed by atoms with van der Waals surface area (Å²) in [5, 5.41) is 7.39. The van der Waals surface area contributed by atoms with Crippen LogP contribution in [0.1, 0.15) is 24.0 Å². The van der Waals surface area contributed by atoms with E-state index in [9.17, 15) is 4.79 Å². The predicted octanol–water partition coefficient (Wildman–Crippen LogP) is 2.96. The molecule has 24 heavy (non-hydrogen) atoms. The Morgan fingerprint density at radius 3 is 2.79 bits per heavy atom. The Labute approximate surface area is 141 Å². The van der Waals surface area contributed by atoms with E-state index in [0.29, 0.717) is 5.75 Å². The van der Waals surface area contributed by atoms with Gasteiger partial charge >= 0.3 is 0 Å². The summed E-state index contributed by atoms with van der Waals surface area (Å²) >= 11 is 0. The molecule has 5 heteroatoms. The first-order valence-electron chi connectivity index (χ1n) is 8.08. The minimum absolute atomic E-state index is 0.138. The van der Waals surface area contributed by atoms with Crippen molar-refractivity contribution >= 4 is 17.3 Å². The van der Waals surface area contributed by atoms with E-state index in [1.807, 2.05) is 36.4 Å². The largest absolute Gasteiger partial charge is 0.495 e. The maximum absolute atomic E-state index is 12.0. The summed E-state index contributed by atoms with van der Waals surface area (Å²) in [6.45, 7) is 0.138. The molecule has 5 nitrogen and oxygen atoms in total. The van der Waals surface area contributed by atoms with Crippen molar-refractivity contribution in [1.29, 1.82) is 0 Å². The third-order valence-corrected chi connectivity index (χ3v) is 4.05. The Morgan fingerprint density at radius 1 is 1.12 bits per heavy atom. The topological polar surface area (TPSA) is 62.7 Å². The summed E-state index contributed by atoms with van der Waals surface area (Å²) in [6, 6.07) is 15.7. The zero-order valence-electron chi connectivity index (χ0n) is 13.7. The van der Waals surface area contributed by atoms with E-state index in [0.717, 1.165) is 36.2 Å². The second-order valence-corrected chi connectivity index (χ2v) is 5.66. The van der Waals surface area contributed by atoms with Gasteiger partial charge in [0.2, 0.25) is 0 Å². The lowest BCUT2D eigenvalue weighted by Crippen LogP contribution is -2.28. The average Bonchev–Trinajstić information content (AvgIpc) is 2.64. The van der Waals surface area contributed by atoms with Crippen LogP contribution in [0.15, 0.2) is 53.6 Å². The normalized spacial score (nSPS) is 14.8. The number of ether oxygens (including phenoxy) is 1. The van der Waals surface area contributed by atoms with Crippen molar-refractivity contribution in [3.05, 3.63) is 59.7 Å². The van der Waals surface area contributed by atoms with Crippen molar-refractivity contribution in [3.63, 3.8) is 0 Å². The maximum atomic E-state index is 12.0. The van der Waals surface area contributed by atoms with E-state index in [1.54, 1.807) is 7.11 Å². The van der Waals surface area contributed by atoms with Gasteiger partial charge in [0.25, 0.3) is 5.91 Å². The monoisotopic (exact) mass is 323 g/mol. The molecule has 2 aromatic rings. The van der Waals surface area contributed by atoms with Crippen molar-refractivity contribution < 1.29 is 9.53 Å². The van der Waals surface area contributed by atoms with Crippen LogP contribution in [-0.4, -0.2) is 25.3 Å². The number of carbonyl (C=O) groups excluding carboxylic acids is 1. The lowest BCUT2D eigenvalue weighted by atomic mass is 9.90. The zero-order valence-corrected chi connectivity index (χ0v) is 13.7. The fraction of sp³-hybridized carbons (Fsp3) is 0.263. The number of nitrogens with zero attached hydrogens (tertiary/aromatic N) is 1. The fourth-order valence-electron chi connectivity index (χ4n) is 2.85. The van der Waals surface area contributed by atoms with E-state index < -0.39 is 0 Å². The molecule has 3 rings (SSSR count). The molecule has 2 N–H and O–H groups in total. The van der Waals surface area contributed by atoms with Gasteiger partial charge in [-0.05, 0) is 37.0 Å². The van der Waals surface area contributed by atoms with Crippen molar-refractivity contribution in [3.8, 4) is 5.75 Å². The number of hydrogen-bond donors (Lipinski definition) is 2. The number of hydrazone groups is 1. The molecule has 0 fully saturated rings. The van der Waals surface area contributed by atoms with Gasteiger partial charge in [0.1, 0.15) is 5.75 Å². The number of amides is 1. The molecule has 1 aliphatic rings. The molecule has 124 valence electrons. The third kappa shape index (κ3) is 3.74. The number of benzene rings is 2.